The molecule has 0 spiro atoms. The fourth-order valence-corrected chi connectivity index (χ4v) is 4.67. The summed E-state index contributed by atoms with van der Waals surface area (Å²) >= 11 is 0. The quantitative estimate of drug-likeness (QED) is 0.299. The summed E-state index contributed by atoms with van der Waals surface area (Å²) in [4.78, 5) is 12.4. The van der Waals surface area contributed by atoms with Gasteiger partial charge >= 0.3 is 0 Å². The Hall–Kier alpha value is 0.638. The van der Waals surface area contributed by atoms with Crippen LogP contribution >= 0.6 is 7.82 Å². The van der Waals surface area contributed by atoms with E-state index in [1.807, 2.05) is 41.5 Å². The third-order valence-electron chi connectivity index (χ3n) is 5.18. The molecule has 2 aliphatic rings. The van der Waals surface area contributed by atoms with Gasteiger partial charge in [0, 0.05) is 45.2 Å². The minimum absolute atomic E-state index is 0. The molecule has 0 aromatic rings. The zero-order chi connectivity index (χ0) is 21.1. The van der Waals surface area contributed by atoms with Crippen LogP contribution in [0.2, 0.25) is 0 Å². The molecule has 0 aromatic heterocycles. The first-order chi connectivity index (χ1) is 13.0. The summed E-state index contributed by atoms with van der Waals surface area (Å²) in [6.07, 6.45) is 0.876. The number of hydrogen-bond donors (Lipinski definition) is 1. The van der Waals surface area contributed by atoms with E-state index in [1.54, 1.807) is 0 Å². The number of nitrogens with two attached hydrogens (primary N) is 1. The van der Waals surface area contributed by atoms with Gasteiger partial charge in [0.25, 0.3) is 7.82 Å². The molecule has 10 heteroatoms. The van der Waals surface area contributed by atoms with E-state index >= 15 is 0 Å². The van der Waals surface area contributed by atoms with Gasteiger partial charge in [-0.15, -0.1) is 6.10 Å². The third-order valence-corrected chi connectivity index (χ3v) is 6.15. The fraction of sp³-hybridized carbons (Fsp3) is 0.947. The van der Waals surface area contributed by atoms with Gasteiger partial charge in [0.05, 0.1) is 18.8 Å². The van der Waals surface area contributed by atoms with Crippen LogP contribution in [0.1, 0.15) is 54.4 Å². The fourth-order valence-electron chi connectivity index (χ4n) is 3.75. The molecule has 1 heterocycles. The first-order valence-corrected chi connectivity index (χ1v) is 11.6. The van der Waals surface area contributed by atoms with Crippen molar-refractivity contribution in [1.29, 1.82) is 0 Å². The van der Waals surface area contributed by atoms with E-state index in [9.17, 15) is 9.46 Å². The van der Waals surface area contributed by atoms with Gasteiger partial charge < -0.3 is 33.9 Å². The number of hydrogen-bond acceptors (Lipinski definition) is 8. The van der Waals surface area contributed by atoms with Crippen LogP contribution in [0.5, 0.6) is 0 Å². The second-order valence-electron chi connectivity index (χ2n) is 8.50. The summed E-state index contributed by atoms with van der Waals surface area (Å²) in [6, 6.07) is -0.180. The van der Waals surface area contributed by atoms with Crippen LogP contribution in [-0.4, -0.2) is 49.8 Å². The van der Waals surface area contributed by atoms with E-state index in [1.165, 1.54) is 0 Å². The second kappa shape index (κ2) is 12.0. The minimum atomic E-state index is -4.53. The number of phosphoric acid groups is 1. The molecule has 2 N–H and O–H groups in total. The molecule has 29 heavy (non-hydrogen) atoms. The second-order valence-corrected chi connectivity index (χ2v) is 9.87. The summed E-state index contributed by atoms with van der Waals surface area (Å²) in [6.45, 7) is 11.8. The number of phosphoric ester groups is 1. The third kappa shape index (κ3) is 8.59. The van der Waals surface area contributed by atoms with Crippen molar-refractivity contribution >= 4 is 7.82 Å². The minimum Gasteiger partial charge on any atom is -0.756 e. The Morgan fingerprint density at radius 2 is 1.86 bits per heavy atom. The van der Waals surface area contributed by atoms with Gasteiger partial charge in [0.1, 0.15) is 0 Å². The SMILES string of the molecule is CC(C)OC[C@H]1C(N)[C@@H](C)C[C@H]1OP(=O)([O-])OC[C-]1O[C@@H](C)C[C@H]1OC(C)C.[W]. The van der Waals surface area contributed by atoms with E-state index in [-0.39, 0.29) is 70.0 Å². The predicted molar refractivity (Wildman–Crippen MR) is 103 cm³/mol. The van der Waals surface area contributed by atoms with Crippen molar-refractivity contribution < 1.29 is 53.8 Å². The van der Waals surface area contributed by atoms with Gasteiger partial charge in [0.2, 0.25) is 0 Å². The van der Waals surface area contributed by atoms with Crippen LogP contribution in [-0.2, 0) is 48.9 Å². The van der Waals surface area contributed by atoms with Crippen LogP contribution in [0.25, 0.3) is 0 Å². The first kappa shape index (κ1) is 27.7. The summed E-state index contributed by atoms with van der Waals surface area (Å²) in [5.74, 6) is -0.0568. The molecule has 2 fully saturated rings. The number of rotatable bonds is 10. The van der Waals surface area contributed by atoms with E-state index in [0.29, 0.717) is 25.6 Å². The monoisotopic (exact) mass is 605 g/mol. The molecule has 0 radical (unpaired) electrons. The average molecular weight is 605 g/mol. The Bertz CT molecular complexity index is 539. The maximum atomic E-state index is 12.4. The smallest absolute Gasteiger partial charge is 0.265 e. The van der Waals surface area contributed by atoms with Crippen LogP contribution in [0.15, 0.2) is 0 Å². The molecule has 0 amide bonds. The van der Waals surface area contributed by atoms with Crippen molar-refractivity contribution in [2.45, 2.75) is 90.9 Å². The Morgan fingerprint density at radius 3 is 2.45 bits per heavy atom. The standard InChI is InChI=1S/C19H37NO7P.W/c1-11(2)23-9-15-16(7-13(5)19(15)20)27-28(21,22)24-10-18-17(25-12(3)4)8-14(6)26-18;/h11-17,19H,7-10,20H2,1-6H3,(H,21,22);/q-1;/p-1/t13-,14-,15+,16+,17+,19?;/m0./s1. The molecular weight excluding hydrogens is 569 g/mol. The Balaban J connectivity index is 0.00000420. The van der Waals surface area contributed by atoms with Crippen molar-refractivity contribution in [2.75, 3.05) is 13.2 Å². The predicted octanol–water partition coefficient (Wildman–Crippen LogP) is 2.40. The molecule has 2 rings (SSSR count). The van der Waals surface area contributed by atoms with Crippen molar-refractivity contribution in [3.8, 4) is 0 Å². The molecule has 1 saturated carbocycles. The van der Waals surface area contributed by atoms with Crippen molar-refractivity contribution in [3.05, 3.63) is 6.10 Å². The van der Waals surface area contributed by atoms with Gasteiger partial charge in [0.15, 0.2) is 0 Å². The normalized spacial score (nSPS) is 35.2. The van der Waals surface area contributed by atoms with Gasteiger partial charge in [-0.3, -0.25) is 4.57 Å². The van der Waals surface area contributed by atoms with Crippen LogP contribution in [0.3, 0.4) is 0 Å². The molecule has 1 aliphatic carbocycles. The van der Waals surface area contributed by atoms with Crippen LogP contribution < -0.4 is 10.6 Å². The van der Waals surface area contributed by atoms with E-state index < -0.39 is 13.9 Å². The summed E-state index contributed by atoms with van der Waals surface area (Å²) in [5.41, 5.74) is 6.24. The molecular formula is C19H36NO7PW-2. The summed E-state index contributed by atoms with van der Waals surface area (Å²) < 4.78 is 40.1. The van der Waals surface area contributed by atoms with E-state index in [4.69, 9.17) is 29.0 Å². The Morgan fingerprint density at radius 1 is 1.21 bits per heavy atom. The van der Waals surface area contributed by atoms with Crippen LogP contribution in [0.4, 0.5) is 0 Å². The molecule has 2 unspecified atom stereocenters. The van der Waals surface area contributed by atoms with Crippen LogP contribution in [0, 0.1) is 17.9 Å². The Labute approximate surface area is 189 Å². The van der Waals surface area contributed by atoms with Gasteiger partial charge in [-0.05, 0) is 66.1 Å². The first-order valence-electron chi connectivity index (χ1n) is 10.2. The zero-order valence-corrected chi connectivity index (χ0v) is 22.1. The van der Waals surface area contributed by atoms with Crippen molar-refractivity contribution in [2.24, 2.45) is 17.6 Å². The Kier molecular flexibility index (Phi) is 11.5. The molecule has 172 valence electrons. The molecule has 1 aliphatic heterocycles. The van der Waals surface area contributed by atoms with Gasteiger partial charge in [-0.25, -0.2) is 0 Å². The van der Waals surface area contributed by atoms with Crippen molar-refractivity contribution in [3.63, 3.8) is 0 Å². The average Bonchev–Trinajstić information content (AvgIpc) is 3.02. The van der Waals surface area contributed by atoms with E-state index in [2.05, 4.69) is 0 Å². The molecule has 0 aromatic carbocycles. The largest absolute Gasteiger partial charge is 0.756 e. The molecule has 8 nitrogen and oxygen atoms in total. The zero-order valence-electron chi connectivity index (χ0n) is 18.2. The molecule has 1 saturated heterocycles. The molecule has 0 bridgehead atoms. The summed E-state index contributed by atoms with van der Waals surface area (Å²) in [7, 11) is -4.53. The maximum Gasteiger partial charge on any atom is 0.265 e. The summed E-state index contributed by atoms with van der Waals surface area (Å²) in [5, 5.41) is 0. The topological polar surface area (TPSA) is 112 Å². The molecule has 7 atom stereocenters. The number of ether oxygens (including phenoxy) is 3. The van der Waals surface area contributed by atoms with Gasteiger partial charge in [-0.2, -0.15) is 0 Å². The van der Waals surface area contributed by atoms with E-state index in [0.717, 1.165) is 0 Å². The van der Waals surface area contributed by atoms with Gasteiger partial charge in [-0.1, -0.05) is 6.92 Å². The van der Waals surface area contributed by atoms with Crippen molar-refractivity contribution in [1.82, 2.24) is 0 Å². The maximum absolute atomic E-state index is 12.4.